The maximum Gasteiger partial charge on any atom is 0.289 e. The number of aromatic nitrogens is 2. The van der Waals surface area contributed by atoms with Crippen LogP contribution in [0.25, 0.3) is 0 Å². The standard InChI is InChI=1S/C16H22N4O2/c1-13-4-5-15(22-13)16(21)20-9-7-19(8-10-20)6-2-3-14-11-17-18-12-14/h4-5,11-12H,2-3,6-10H2,1H3,(H,17,18). The second-order valence-electron chi connectivity index (χ2n) is 5.75. The third-order valence-corrected chi connectivity index (χ3v) is 4.11. The van der Waals surface area contributed by atoms with Crippen LogP contribution in [0.1, 0.15) is 28.3 Å². The number of hydrogen-bond acceptors (Lipinski definition) is 4. The van der Waals surface area contributed by atoms with Crippen LogP contribution in [0.4, 0.5) is 0 Å². The van der Waals surface area contributed by atoms with Gasteiger partial charge in [-0.3, -0.25) is 14.8 Å². The van der Waals surface area contributed by atoms with Gasteiger partial charge in [0.2, 0.25) is 0 Å². The molecule has 2 aromatic heterocycles. The Morgan fingerprint density at radius 3 is 2.77 bits per heavy atom. The summed E-state index contributed by atoms with van der Waals surface area (Å²) >= 11 is 0. The second-order valence-corrected chi connectivity index (χ2v) is 5.75. The molecule has 3 heterocycles. The summed E-state index contributed by atoms with van der Waals surface area (Å²) in [6, 6.07) is 3.59. The van der Waals surface area contributed by atoms with Crippen molar-refractivity contribution in [2.75, 3.05) is 32.7 Å². The van der Waals surface area contributed by atoms with Gasteiger partial charge in [-0.05, 0) is 44.0 Å². The fourth-order valence-electron chi connectivity index (χ4n) is 2.80. The van der Waals surface area contributed by atoms with Gasteiger partial charge in [0, 0.05) is 32.4 Å². The molecule has 6 heteroatoms. The minimum atomic E-state index is 0.00569. The molecule has 1 aliphatic heterocycles. The minimum Gasteiger partial charge on any atom is -0.456 e. The molecular weight excluding hydrogens is 280 g/mol. The van der Waals surface area contributed by atoms with Gasteiger partial charge in [0.25, 0.3) is 5.91 Å². The number of piperazine rings is 1. The normalized spacial score (nSPS) is 16.1. The van der Waals surface area contributed by atoms with E-state index in [4.69, 9.17) is 4.42 Å². The highest BCUT2D eigenvalue weighted by molar-refractivity contribution is 5.91. The van der Waals surface area contributed by atoms with E-state index in [9.17, 15) is 4.79 Å². The van der Waals surface area contributed by atoms with Crippen LogP contribution in [0.15, 0.2) is 28.9 Å². The lowest BCUT2D eigenvalue weighted by molar-refractivity contribution is 0.0604. The molecule has 0 radical (unpaired) electrons. The summed E-state index contributed by atoms with van der Waals surface area (Å²) in [6.45, 7) is 6.31. The number of carbonyl (C=O) groups is 1. The molecule has 0 atom stereocenters. The van der Waals surface area contributed by atoms with Crippen molar-refractivity contribution in [3.8, 4) is 0 Å². The lowest BCUT2D eigenvalue weighted by atomic mass is 10.2. The van der Waals surface area contributed by atoms with Crippen molar-refractivity contribution >= 4 is 5.91 Å². The van der Waals surface area contributed by atoms with E-state index >= 15 is 0 Å². The summed E-state index contributed by atoms with van der Waals surface area (Å²) in [6.07, 6.45) is 5.98. The molecule has 0 saturated carbocycles. The molecule has 0 aromatic carbocycles. The Labute approximate surface area is 130 Å². The highest BCUT2D eigenvalue weighted by atomic mass is 16.3. The van der Waals surface area contributed by atoms with Gasteiger partial charge in [-0.25, -0.2) is 0 Å². The fraction of sp³-hybridized carbons (Fsp3) is 0.500. The maximum atomic E-state index is 12.3. The third-order valence-electron chi connectivity index (χ3n) is 4.11. The first-order chi connectivity index (χ1) is 10.7. The Morgan fingerprint density at radius 1 is 1.32 bits per heavy atom. The number of amides is 1. The predicted molar refractivity (Wildman–Crippen MR) is 82.7 cm³/mol. The third kappa shape index (κ3) is 3.57. The highest BCUT2D eigenvalue weighted by Crippen LogP contribution is 2.12. The summed E-state index contributed by atoms with van der Waals surface area (Å²) in [5.41, 5.74) is 1.25. The Bertz CT molecular complexity index is 597. The SMILES string of the molecule is Cc1ccc(C(=O)N2CCN(CCCc3cn[nH]c3)CC2)o1. The van der Waals surface area contributed by atoms with Gasteiger partial charge in [-0.15, -0.1) is 0 Å². The molecule has 1 amide bonds. The van der Waals surface area contributed by atoms with Crippen LogP contribution in [-0.4, -0.2) is 58.6 Å². The van der Waals surface area contributed by atoms with Crippen molar-refractivity contribution < 1.29 is 9.21 Å². The van der Waals surface area contributed by atoms with Crippen LogP contribution in [0, 0.1) is 6.92 Å². The van der Waals surface area contributed by atoms with E-state index in [1.54, 1.807) is 6.07 Å². The van der Waals surface area contributed by atoms with Crippen molar-refractivity contribution in [2.24, 2.45) is 0 Å². The largest absolute Gasteiger partial charge is 0.456 e. The van der Waals surface area contributed by atoms with Crippen LogP contribution in [0.5, 0.6) is 0 Å². The van der Waals surface area contributed by atoms with E-state index in [-0.39, 0.29) is 5.91 Å². The minimum absolute atomic E-state index is 0.00569. The first kappa shape index (κ1) is 14.8. The number of nitrogens with one attached hydrogen (secondary N) is 1. The van der Waals surface area contributed by atoms with E-state index in [0.29, 0.717) is 5.76 Å². The molecular formula is C16H22N4O2. The molecule has 22 heavy (non-hydrogen) atoms. The topological polar surface area (TPSA) is 65.4 Å². The van der Waals surface area contributed by atoms with Gasteiger partial charge in [0.15, 0.2) is 5.76 Å². The van der Waals surface area contributed by atoms with E-state index < -0.39 is 0 Å². The Hall–Kier alpha value is -2.08. The molecule has 0 unspecified atom stereocenters. The molecule has 1 aliphatic rings. The number of carbonyl (C=O) groups excluding carboxylic acids is 1. The van der Waals surface area contributed by atoms with Gasteiger partial charge < -0.3 is 9.32 Å². The fourth-order valence-corrected chi connectivity index (χ4v) is 2.80. The number of rotatable bonds is 5. The first-order valence-electron chi connectivity index (χ1n) is 7.78. The van der Waals surface area contributed by atoms with Gasteiger partial charge in [-0.1, -0.05) is 0 Å². The maximum absolute atomic E-state index is 12.3. The van der Waals surface area contributed by atoms with Crippen molar-refractivity contribution in [3.05, 3.63) is 41.6 Å². The van der Waals surface area contributed by atoms with Gasteiger partial charge in [-0.2, -0.15) is 5.10 Å². The van der Waals surface area contributed by atoms with E-state index in [0.717, 1.165) is 51.3 Å². The van der Waals surface area contributed by atoms with Crippen molar-refractivity contribution in [1.82, 2.24) is 20.0 Å². The quantitative estimate of drug-likeness (QED) is 0.913. The van der Waals surface area contributed by atoms with E-state index in [2.05, 4.69) is 15.1 Å². The number of aryl methyl sites for hydroxylation is 2. The lowest BCUT2D eigenvalue weighted by Crippen LogP contribution is -2.48. The average molecular weight is 302 g/mol. The monoisotopic (exact) mass is 302 g/mol. The summed E-state index contributed by atoms with van der Waals surface area (Å²) < 4.78 is 5.42. The molecule has 1 saturated heterocycles. The zero-order valence-electron chi connectivity index (χ0n) is 12.9. The average Bonchev–Trinajstić information content (AvgIpc) is 3.19. The van der Waals surface area contributed by atoms with Gasteiger partial charge >= 0.3 is 0 Å². The van der Waals surface area contributed by atoms with Crippen molar-refractivity contribution in [1.29, 1.82) is 0 Å². The Balaban J connectivity index is 1.41. The lowest BCUT2D eigenvalue weighted by Gasteiger charge is -2.34. The molecule has 0 spiro atoms. The Kier molecular flexibility index (Phi) is 4.58. The van der Waals surface area contributed by atoms with Crippen LogP contribution < -0.4 is 0 Å². The first-order valence-corrected chi connectivity index (χ1v) is 7.78. The molecule has 1 N–H and O–H groups in total. The summed E-state index contributed by atoms with van der Waals surface area (Å²) in [4.78, 5) is 16.6. The zero-order chi connectivity index (χ0) is 15.4. The molecule has 2 aromatic rings. The molecule has 6 nitrogen and oxygen atoms in total. The van der Waals surface area contributed by atoms with Crippen molar-refractivity contribution in [2.45, 2.75) is 19.8 Å². The van der Waals surface area contributed by atoms with Crippen LogP contribution in [-0.2, 0) is 6.42 Å². The van der Waals surface area contributed by atoms with E-state index in [1.807, 2.05) is 30.3 Å². The van der Waals surface area contributed by atoms with Gasteiger partial charge in [0.1, 0.15) is 5.76 Å². The number of nitrogens with zero attached hydrogens (tertiary/aromatic N) is 3. The zero-order valence-corrected chi connectivity index (χ0v) is 12.9. The smallest absolute Gasteiger partial charge is 0.289 e. The second kappa shape index (κ2) is 6.79. The number of H-pyrrole nitrogens is 1. The predicted octanol–water partition coefficient (Wildman–Crippen LogP) is 1.70. The number of furan rings is 1. The van der Waals surface area contributed by atoms with Crippen LogP contribution in [0.2, 0.25) is 0 Å². The highest BCUT2D eigenvalue weighted by Gasteiger charge is 2.23. The summed E-state index contributed by atoms with van der Waals surface area (Å²) in [7, 11) is 0. The van der Waals surface area contributed by atoms with Gasteiger partial charge in [0.05, 0.1) is 6.20 Å². The molecule has 0 bridgehead atoms. The number of aromatic amines is 1. The summed E-state index contributed by atoms with van der Waals surface area (Å²) in [5, 5.41) is 6.79. The van der Waals surface area contributed by atoms with E-state index in [1.165, 1.54) is 5.56 Å². The summed E-state index contributed by atoms with van der Waals surface area (Å²) in [5.74, 6) is 1.23. The Morgan fingerprint density at radius 2 is 2.14 bits per heavy atom. The molecule has 1 fully saturated rings. The van der Waals surface area contributed by atoms with Crippen LogP contribution >= 0.6 is 0 Å². The number of hydrogen-bond donors (Lipinski definition) is 1. The van der Waals surface area contributed by atoms with Crippen molar-refractivity contribution in [3.63, 3.8) is 0 Å². The molecule has 118 valence electrons. The molecule has 3 rings (SSSR count). The molecule has 0 aliphatic carbocycles. The van der Waals surface area contributed by atoms with Crippen LogP contribution in [0.3, 0.4) is 0 Å².